The highest BCUT2D eigenvalue weighted by molar-refractivity contribution is 5.56. The van der Waals surface area contributed by atoms with E-state index in [2.05, 4.69) is 36.6 Å². The zero-order valence-corrected chi connectivity index (χ0v) is 9.83. The van der Waals surface area contributed by atoms with Crippen molar-refractivity contribution < 1.29 is 0 Å². The van der Waals surface area contributed by atoms with Crippen molar-refractivity contribution in [1.29, 1.82) is 0 Å². The molecular weight excluding hydrogens is 198 g/mol. The molecule has 1 fully saturated rings. The van der Waals surface area contributed by atoms with Gasteiger partial charge >= 0.3 is 0 Å². The molecule has 3 rings (SSSR count). The fourth-order valence-corrected chi connectivity index (χ4v) is 2.36. The third-order valence-electron chi connectivity index (χ3n) is 3.65. The second-order valence-corrected chi connectivity index (χ2v) is 4.77. The van der Waals surface area contributed by atoms with Crippen LogP contribution in [0, 0.1) is 6.92 Å². The van der Waals surface area contributed by atoms with Crippen molar-refractivity contribution in [2.75, 3.05) is 0 Å². The van der Waals surface area contributed by atoms with Gasteiger partial charge in [-0.3, -0.25) is 0 Å². The van der Waals surface area contributed by atoms with Gasteiger partial charge in [-0.15, -0.1) is 0 Å². The van der Waals surface area contributed by atoms with Crippen LogP contribution in [0.15, 0.2) is 18.3 Å². The van der Waals surface area contributed by atoms with E-state index in [0.717, 1.165) is 24.9 Å². The van der Waals surface area contributed by atoms with Gasteiger partial charge in [-0.2, -0.15) is 0 Å². The molecule has 84 valence electrons. The van der Waals surface area contributed by atoms with Gasteiger partial charge in [-0.05, 0) is 32.3 Å². The van der Waals surface area contributed by atoms with Gasteiger partial charge in [0, 0.05) is 23.0 Å². The van der Waals surface area contributed by atoms with Crippen LogP contribution in [-0.2, 0) is 12.0 Å². The highest BCUT2D eigenvalue weighted by Gasteiger charge is 2.42. The van der Waals surface area contributed by atoms with E-state index in [1.54, 1.807) is 0 Å². The van der Waals surface area contributed by atoms with Gasteiger partial charge < -0.3 is 10.1 Å². The number of fused-ring (bicyclic) bond motifs is 1. The van der Waals surface area contributed by atoms with E-state index in [1.807, 2.05) is 0 Å². The first-order chi connectivity index (χ1) is 7.65. The highest BCUT2D eigenvalue weighted by Crippen LogP contribution is 2.44. The number of hydrogen-bond acceptors (Lipinski definition) is 2. The molecule has 1 aliphatic carbocycles. The van der Waals surface area contributed by atoms with Gasteiger partial charge in [-0.25, -0.2) is 4.98 Å². The third-order valence-corrected chi connectivity index (χ3v) is 3.65. The van der Waals surface area contributed by atoms with Crippen molar-refractivity contribution >= 4 is 5.65 Å². The Kier molecular flexibility index (Phi) is 1.89. The summed E-state index contributed by atoms with van der Waals surface area (Å²) >= 11 is 0. The van der Waals surface area contributed by atoms with Crippen LogP contribution in [0.1, 0.15) is 36.7 Å². The molecule has 0 amide bonds. The van der Waals surface area contributed by atoms with Gasteiger partial charge in [0.15, 0.2) is 0 Å². The Labute approximate surface area is 95.3 Å². The van der Waals surface area contributed by atoms with Crippen LogP contribution < -0.4 is 5.73 Å². The molecule has 0 atom stereocenters. The third kappa shape index (κ3) is 1.21. The van der Waals surface area contributed by atoms with Gasteiger partial charge in [0.2, 0.25) is 0 Å². The van der Waals surface area contributed by atoms with Gasteiger partial charge in [0.25, 0.3) is 0 Å². The lowest BCUT2D eigenvalue weighted by Gasteiger charge is -2.10. The number of aryl methyl sites for hydroxylation is 2. The summed E-state index contributed by atoms with van der Waals surface area (Å²) in [6, 6.07) is 4.19. The minimum atomic E-state index is -0.106. The van der Waals surface area contributed by atoms with Crippen molar-refractivity contribution in [3.8, 4) is 0 Å². The molecule has 3 heteroatoms. The lowest BCUT2D eigenvalue weighted by Crippen LogP contribution is -2.19. The molecule has 0 bridgehead atoms. The molecule has 2 heterocycles. The predicted octanol–water partition coefficient (Wildman–Crippen LogP) is 2.15. The Hall–Kier alpha value is -1.35. The van der Waals surface area contributed by atoms with Crippen LogP contribution in [-0.4, -0.2) is 9.38 Å². The molecule has 1 aliphatic rings. The summed E-state index contributed by atoms with van der Waals surface area (Å²) in [4.78, 5) is 4.72. The van der Waals surface area contributed by atoms with E-state index >= 15 is 0 Å². The molecule has 2 N–H and O–H groups in total. The number of hydrogen-bond donors (Lipinski definition) is 1. The van der Waals surface area contributed by atoms with Gasteiger partial charge in [0.1, 0.15) is 5.65 Å². The second kappa shape index (κ2) is 3.08. The van der Waals surface area contributed by atoms with Crippen molar-refractivity contribution in [2.24, 2.45) is 5.73 Å². The van der Waals surface area contributed by atoms with Gasteiger partial charge in [-0.1, -0.05) is 13.0 Å². The topological polar surface area (TPSA) is 43.3 Å². The first-order valence-corrected chi connectivity index (χ1v) is 5.91. The second-order valence-electron chi connectivity index (χ2n) is 4.77. The van der Waals surface area contributed by atoms with Crippen molar-refractivity contribution in [1.82, 2.24) is 9.38 Å². The van der Waals surface area contributed by atoms with Crippen molar-refractivity contribution in [3.05, 3.63) is 35.3 Å². The summed E-state index contributed by atoms with van der Waals surface area (Å²) in [7, 11) is 0. The SMILES string of the molecule is CCc1nc2c(C3(N)CC3)cccn2c1C. The maximum atomic E-state index is 6.28. The minimum Gasteiger partial charge on any atom is -0.321 e. The monoisotopic (exact) mass is 215 g/mol. The van der Waals surface area contributed by atoms with Crippen LogP contribution in [0.4, 0.5) is 0 Å². The molecule has 0 radical (unpaired) electrons. The maximum absolute atomic E-state index is 6.28. The molecule has 16 heavy (non-hydrogen) atoms. The Bertz CT molecular complexity index is 550. The van der Waals surface area contributed by atoms with E-state index in [4.69, 9.17) is 10.7 Å². The van der Waals surface area contributed by atoms with E-state index in [0.29, 0.717) is 0 Å². The number of pyridine rings is 1. The molecule has 0 spiro atoms. The quantitative estimate of drug-likeness (QED) is 0.834. The minimum absolute atomic E-state index is 0.106. The maximum Gasteiger partial charge on any atom is 0.142 e. The smallest absolute Gasteiger partial charge is 0.142 e. The van der Waals surface area contributed by atoms with Crippen LogP contribution in [0.25, 0.3) is 5.65 Å². The molecule has 0 unspecified atom stereocenters. The first-order valence-electron chi connectivity index (χ1n) is 5.91. The Morgan fingerprint density at radius 2 is 2.25 bits per heavy atom. The van der Waals surface area contributed by atoms with Crippen LogP contribution in [0.5, 0.6) is 0 Å². The molecular formula is C13H17N3. The Morgan fingerprint density at radius 1 is 1.50 bits per heavy atom. The number of imidazole rings is 1. The number of nitrogens with zero attached hydrogens (tertiary/aromatic N) is 2. The fraction of sp³-hybridized carbons (Fsp3) is 0.462. The largest absolute Gasteiger partial charge is 0.321 e. The fourth-order valence-electron chi connectivity index (χ4n) is 2.36. The van der Waals surface area contributed by atoms with E-state index in [1.165, 1.54) is 17.0 Å². The molecule has 2 aromatic heterocycles. The summed E-state index contributed by atoms with van der Waals surface area (Å²) < 4.78 is 2.17. The Morgan fingerprint density at radius 3 is 2.88 bits per heavy atom. The van der Waals surface area contributed by atoms with Gasteiger partial charge in [0.05, 0.1) is 5.69 Å². The average molecular weight is 215 g/mol. The Balaban J connectivity index is 2.31. The van der Waals surface area contributed by atoms with Crippen molar-refractivity contribution in [3.63, 3.8) is 0 Å². The van der Waals surface area contributed by atoms with Crippen LogP contribution in [0.2, 0.25) is 0 Å². The van der Waals surface area contributed by atoms with Crippen LogP contribution >= 0.6 is 0 Å². The molecule has 0 aromatic carbocycles. The van der Waals surface area contributed by atoms with Crippen molar-refractivity contribution in [2.45, 2.75) is 38.6 Å². The summed E-state index contributed by atoms with van der Waals surface area (Å²) in [6.07, 6.45) is 5.22. The lowest BCUT2D eigenvalue weighted by atomic mass is 10.1. The molecule has 3 nitrogen and oxygen atoms in total. The first kappa shape index (κ1) is 9.85. The molecule has 2 aromatic rings. The number of rotatable bonds is 2. The summed E-state index contributed by atoms with van der Waals surface area (Å²) in [6.45, 7) is 4.27. The van der Waals surface area contributed by atoms with E-state index in [9.17, 15) is 0 Å². The van der Waals surface area contributed by atoms with E-state index in [-0.39, 0.29) is 5.54 Å². The highest BCUT2D eigenvalue weighted by atomic mass is 15.0. The lowest BCUT2D eigenvalue weighted by molar-refractivity contribution is 0.739. The molecule has 1 saturated carbocycles. The predicted molar refractivity (Wildman–Crippen MR) is 64.4 cm³/mol. The van der Waals surface area contributed by atoms with E-state index < -0.39 is 0 Å². The summed E-state index contributed by atoms with van der Waals surface area (Å²) in [5.41, 5.74) is 10.9. The molecule has 0 saturated heterocycles. The normalized spacial score (nSPS) is 17.9. The number of nitrogens with two attached hydrogens (primary N) is 1. The zero-order chi connectivity index (χ0) is 11.3. The molecule has 0 aliphatic heterocycles. The standard InChI is InChI=1S/C13H17N3/c1-3-11-9(2)16-8-4-5-10(12(16)15-11)13(14)6-7-13/h4-5,8H,3,6-7,14H2,1-2H3. The summed E-state index contributed by atoms with van der Waals surface area (Å²) in [5.74, 6) is 0. The average Bonchev–Trinajstić information content (AvgIpc) is 2.95. The number of aromatic nitrogens is 2. The summed E-state index contributed by atoms with van der Waals surface area (Å²) in [5, 5.41) is 0. The zero-order valence-electron chi connectivity index (χ0n) is 9.83. The van der Waals surface area contributed by atoms with Crippen LogP contribution in [0.3, 0.4) is 0 Å².